The first kappa shape index (κ1) is 25.1. The fourth-order valence-corrected chi connectivity index (χ4v) is 5.77. The van der Waals surface area contributed by atoms with Crippen molar-refractivity contribution in [1.29, 1.82) is 0 Å². The third kappa shape index (κ3) is 4.04. The Balaban J connectivity index is 1.54. The van der Waals surface area contributed by atoms with Gasteiger partial charge in [-0.3, -0.25) is 0 Å². The molecular weight excluding hydrogens is 481 g/mol. The molecule has 194 valence electrons. The Morgan fingerprint density at radius 2 is 1.28 bits per heavy atom. The third-order valence-corrected chi connectivity index (χ3v) is 8.36. The molecule has 0 fully saturated rings. The van der Waals surface area contributed by atoms with Crippen LogP contribution >= 0.6 is 0 Å². The number of furan rings is 1. The monoisotopic (exact) mass is 514 g/mol. The molecule has 0 radical (unpaired) electrons. The van der Waals surface area contributed by atoms with Gasteiger partial charge in [-0.1, -0.05) is 80.6 Å². The van der Waals surface area contributed by atoms with Crippen LogP contribution in [0.1, 0.15) is 41.7 Å². The van der Waals surface area contributed by atoms with Crippen LogP contribution in [-0.4, -0.2) is 0 Å². The van der Waals surface area contributed by atoms with Crippen molar-refractivity contribution in [2.45, 2.75) is 40.0 Å². The lowest BCUT2D eigenvalue weighted by molar-refractivity contribution is -0.660. The van der Waals surface area contributed by atoms with Gasteiger partial charge in [0.25, 0.3) is 0 Å². The fraction of sp³-hybridized carbons (Fsp3) is 0.194. The van der Waals surface area contributed by atoms with E-state index in [1.165, 1.54) is 22.3 Å². The number of nitrogens with zero attached hydrogens (tertiary/aromatic N) is 1. The van der Waals surface area contributed by atoms with Gasteiger partial charge in [0.1, 0.15) is 24.0 Å². The molecule has 0 aliphatic rings. The van der Waals surface area contributed by atoms with Crippen molar-refractivity contribution in [3.8, 4) is 22.4 Å². The summed E-state index contributed by atoms with van der Waals surface area (Å²) in [6.07, 6.45) is 2.15. The Hall–Kier alpha value is -4.24. The molecule has 6 aromatic rings. The topological polar surface area (TPSA) is 17.0 Å². The van der Waals surface area contributed by atoms with E-state index in [1.54, 1.807) is 6.07 Å². The molecule has 39 heavy (non-hydrogen) atoms. The van der Waals surface area contributed by atoms with Gasteiger partial charge in [0, 0.05) is 27.8 Å². The zero-order valence-electron chi connectivity index (χ0n) is 23.4. The SMILES string of the molecule is Cc1cc(-c2c(C)ccc3c2oc2c(-c4ccc(C(C)(C)c5ccccc5)cc4)c(F)ccc23)[n+](C)cc1C. The molecule has 2 aromatic heterocycles. The minimum atomic E-state index is -0.286. The minimum absolute atomic E-state index is 0.169. The number of hydrogen-bond donors (Lipinski definition) is 0. The van der Waals surface area contributed by atoms with E-state index < -0.39 is 0 Å². The van der Waals surface area contributed by atoms with Gasteiger partial charge in [0.15, 0.2) is 6.20 Å². The lowest BCUT2D eigenvalue weighted by Crippen LogP contribution is -2.31. The summed E-state index contributed by atoms with van der Waals surface area (Å²) in [5.41, 5.74) is 10.6. The number of benzene rings is 4. The van der Waals surface area contributed by atoms with Gasteiger partial charge in [0.2, 0.25) is 5.69 Å². The van der Waals surface area contributed by atoms with E-state index in [0.717, 1.165) is 38.7 Å². The van der Waals surface area contributed by atoms with E-state index >= 15 is 4.39 Å². The molecular formula is C36H33FNO+. The van der Waals surface area contributed by atoms with Crippen molar-refractivity contribution in [2.75, 3.05) is 0 Å². The van der Waals surface area contributed by atoms with Crippen LogP contribution in [-0.2, 0) is 12.5 Å². The first-order valence-electron chi connectivity index (χ1n) is 13.4. The van der Waals surface area contributed by atoms with Crippen LogP contribution in [0, 0.1) is 26.6 Å². The summed E-state index contributed by atoms with van der Waals surface area (Å²) in [5.74, 6) is -0.286. The lowest BCUT2D eigenvalue weighted by atomic mass is 9.78. The van der Waals surface area contributed by atoms with Crippen molar-refractivity contribution in [3.05, 3.63) is 125 Å². The largest absolute Gasteiger partial charge is 0.454 e. The number of aryl methyl sites for hydroxylation is 4. The van der Waals surface area contributed by atoms with Gasteiger partial charge >= 0.3 is 0 Å². The molecule has 0 N–H and O–H groups in total. The van der Waals surface area contributed by atoms with Crippen LogP contribution in [0.3, 0.4) is 0 Å². The number of hydrogen-bond acceptors (Lipinski definition) is 1. The average Bonchev–Trinajstić information content (AvgIpc) is 3.30. The van der Waals surface area contributed by atoms with E-state index in [2.05, 4.69) is 107 Å². The summed E-state index contributed by atoms with van der Waals surface area (Å²) >= 11 is 0. The van der Waals surface area contributed by atoms with Crippen molar-refractivity contribution >= 4 is 21.9 Å². The van der Waals surface area contributed by atoms with E-state index in [0.29, 0.717) is 11.1 Å². The standard InChI is InChI=1S/C36H33FNO/c1-22-12-17-28-29-18-19-30(37)33(25-13-15-27(16-14-25)36(4,5)26-10-8-7-9-11-26)35(29)39-34(28)32(22)31-20-23(2)24(3)21-38(31)6/h7-21H,1-6H3/q+1. The Morgan fingerprint density at radius 3 is 1.97 bits per heavy atom. The Bertz CT molecular complexity index is 1860. The highest BCUT2D eigenvalue weighted by molar-refractivity contribution is 6.13. The molecule has 3 heteroatoms. The lowest BCUT2D eigenvalue weighted by Gasteiger charge is -2.26. The molecule has 0 aliphatic carbocycles. The zero-order valence-corrected chi connectivity index (χ0v) is 23.4. The van der Waals surface area contributed by atoms with Crippen molar-refractivity contribution in [1.82, 2.24) is 0 Å². The maximum Gasteiger partial charge on any atom is 0.216 e. The summed E-state index contributed by atoms with van der Waals surface area (Å²) < 4.78 is 24.3. The van der Waals surface area contributed by atoms with Gasteiger partial charge in [0.05, 0.1) is 11.1 Å². The number of rotatable bonds is 4. The van der Waals surface area contributed by atoms with E-state index in [9.17, 15) is 0 Å². The predicted octanol–water partition coefficient (Wildman–Crippen LogP) is 9.13. The smallest absolute Gasteiger partial charge is 0.216 e. The molecule has 6 rings (SSSR count). The Morgan fingerprint density at radius 1 is 0.667 bits per heavy atom. The summed E-state index contributed by atoms with van der Waals surface area (Å²) in [6.45, 7) is 10.8. The van der Waals surface area contributed by atoms with E-state index in [4.69, 9.17) is 4.42 Å². The highest BCUT2D eigenvalue weighted by atomic mass is 19.1. The first-order chi connectivity index (χ1) is 18.7. The molecule has 0 saturated carbocycles. The molecule has 4 aromatic carbocycles. The maximum absolute atomic E-state index is 15.5. The molecule has 0 spiro atoms. The van der Waals surface area contributed by atoms with E-state index in [1.807, 2.05) is 24.3 Å². The van der Waals surface area contributed by atoms with Crippen LogP contribution in [0.4, 0.5) is 4.39 Å². The summed E-state index contributed by atoms with van der Waals surface area (Å²) in [6, 6.07) is 28.5. The summed E-state index contributed by atoms with van der Waals surface area (Å²) in [4.78, 5) is 0. The zero-order chi connectivity index (χ0) is 27.5. The maximum atomic E-state index is 15.5. The van der Waals surface area contributed by atoms with Crippen LogP contribution in [0.2, 0.25) is 0 Å². The van der Waals surface area contributed by atoms with E-state index in [-0.39, 0.29) is 11.2 Å². The van der Waals surface area contributed by atoms with Crippen LogP contribution < -0.4 is 4.57 Å². The predicted molar refractivity (Wildman–Crippen MR) is 159 cm³/mol. The average molecular weight is 515 g/mol. The normalized spacial score (nSPS) is 12.0. The third-order valence-electron chi connectivity index (χ3n) is 8.36. The fourth-order valence-electron chi connectivity index (χ4n) is 5.77. The molecule has 0 bridgehead atoms. The molecule has 2 heterocycles. The Labute approximate surface area is 229 Å². The summed E-state index contributed by atoms with van der Waals surface area (Å²) in [7, 11) is 2.06. The molecule has 0 aliphatic heterocycles. The molecule has 0 saturated heterocycles. The van der Waals surface area contributed by atoms with Crippen LogP contribution in [0.5, 0.6) is 0 Å². The number of aromatic nitrogens is 1. The second-order valence-corrected chi connectivity index (χ2v) is 11.2. The minimum Gasteiger partial charge on any atom is -0.454 e. The number of pyridine rings is 1. The van der Waals surface area contributed by atoms with Gasteiger partial charge in [-0.15, -0.1) is 0 Å². The van der Waals surface area contributed by atoms with Crippen molar-refractivity contribution in [3.63, 3.8) is 0 Å². The summed E-state index contributed by atoms with van der Waals surface area (Å²) in [5, 5.41) is 1.91. The molecule has 0 unspecified atom stereocenters. The molecule has 0 amide bonds. The number of fused-ring (bicyclic) bond motifs is 3. The van der Waals surface area contributed by atoms with Gasteiger partial charge < -0.3 is 4.42 Å². The first-order valence-corrected chi connectivity index (χ1v) is 13.4. The number of halogens is 1. The van der Waals surface area contributed by atoms with Crippen molar-refractivity contribution < 1.29 is 13.4 Å². The van der Waals surface area contributed by atoms with Crippen LogP contribution in [0.15, 0.2) is 95.5 Å². The van der Waals surface area contributed by atoms with Gasteiger partial charge in [-0.2, -0.15) is 0 Å². The van der Waals surface area contributed by atoms with Crippen molar-refractivity contribution in [2.24, 2.45) is 7.05 Å². The second-order valence-electron chi connectivity index (χ2n) is 11.2. The Kier molecular flexibility index (Phi) is 5.91. The molecule has 2 nitrogen and oxygen atoms in total. The highest BCUT2D eigenvalue weighted by Gasteiger charge is 2.25. The second kappa shape index (κ2) is 9.20. The van der Waals surface area contributed by atoms with Gasteiger partial charge in [-0.25, -0.2) is 8.96 Å². The molecule has 0 atom stereocenters. The quantitative estimate of drug-likeness (QED) is 0.214. The van der Waals surface area contributed by atoms with Gasteiger partial charge in [-0.05, 0) is 60.7 Å². The van der Waals surface area contributed by atoms with Crippen LogP contribution in [0.25, 0.3) is 44.3 Å². The highest BCUT2D eigenvalue weighted by Crippen LogP contribution is 2.42.